The van der Waals surface area contributed by atoms with Gasteiger partial charge in [0, 0.05) is 18.8 Å². The van der Waals surface area contributed by atoms with Crippen LogP contribution in [-0.4, -0.2) is 16.5 Å². The van der Waals surface area contributed by atoms with E-state index in [1.807, 2.05) is 0 Å². The second-order valence-corrected chi connectivity index (χ2v) is 5.18. The van der Waals surface area contributed by atoms with Crippen LogP contribution in [0.3, 0.4) is 0 Å². The molecule has 0 saturated carbocycles. The number of pyridine rings is 1. The average molecular weight is 265 g/mol. The fourth-order valence-electron chi connectivity index (χ4n) is 1.88. The standard InChI is InChI=1S/C14H23N3O2/c1-12(2)7-5-3-4-6-9-15-14-11-13(17(18)19)8-10-16-14/h8,10-12H,3-7,9H2,1-2H3,(H,15,16). The summed E-state index contributed by atoms with van der Waals surface area (Å²) in [5.41, 5.74) is 0.0782. The van der Waals surface area contributed by atoms with Crippen LogP contribution in [0.5, 0.6) is 0 Å². The third kappa shape index (κ3) is 6.74. The first kappa shape index (κ1) is 15.4. The number of aromatic nitrogens is 1. The molecule has 106 valence electrons. The Hall–Kier alpha value is -1.65. The Labute approximate surface area is 114 Å². The summed E-state index contributed by atoms with van der Waals surface area (Å²) >= 11 is 0. The Balaban J connectivity index is 2.15. The summed E-state index contributed by atoms with van der Waals surface area (Å²) in [5.74, 6) is 1.36. The monoisotopic (exact) mass is 265 g/mol. The molecule has 0 atom stereocenters. The van der Waals surface area contributed by atoms with Crippen molar-refractivity contribution < 1.29 is 4.92 Å². The lowest BCUT2D eigenvalue weighted by molar-refractivity contribution is -0.384. The molecule has 19 heavy (non-hydrogen) atoms. The van der Waals surface area contributed by atoms with Crippen LogP contribution in [0.4, 0.5) is 11.5 Å². The van der Waals surface area contributed by atoms with E-state index in [2.05, 4.69) is 24.1 Å². The van der Waals surface area contributed by atoms with Gasteiger partial charge in [-0.1, -0.05) is 39.5 Å². The minimum absolute atomic E-state index is 0.0782. The first-order valence-corrected chi connectivity index (χ1v) is 6.94. The molecule has 5 nitrogen and oxygen atoms in total. The van der Waals surface area contributed by atoms with Crippen molar-refractivity contribution in [1.29, 1.82) is 0 Å². The Bertz CT molecular complexity index is 394. The molecule has 1 N–H and O–H groups in total. The van der Waals surface area contributed by atoms with Crippen LogP contribution in [-0.2, 0) is 0 Å². The molecule has 0 unspecified atom stereocenters. The van der Waals surface area contributed by atoms with E-state index in [9.17, 15) is 10.1 Å². The number of unbranched alkanes of at least 4 members (excludes halogenated alkanes) is 3. The second-order valence-electron chi connectivity index (χ2n) is 5.18. The van der Waals surface area contributed by atoms with E-state index in [-0.39, 0.29) is 5.69 Å². The van der Waals surface area contributed by atoms with Gasteiger partial charge in [0.2, 0.25) is 0 Å². The highest BCUT2D eigenvalue weighted by Gasteiger charge is 2.05. The van der Waals surface area contributed by atoms with Crippen molar-refractivity contribution in [3.63, 3.8) is 0 Å². The van der Waals surface area contributed by atoms with E-state index in [1.54, 1.807) is 0 Å². The summed E-state index contributed by atoms with van der Waals surface area (Å²) in [6.45, 7) is 5.31. The van der Waals surface area contributed by atoms with Gasteiger partial charge in [-0.25, -0.2) is 4.98 Å². The van der Waals surface area contributed by atoms with Gasteiger partial charge in [0.25, 0.3) is 5.69 Å². The van der Waals surface area contributed by atoms with Crippen molar-refractivity contribution in [2.24, 2.45) is 5.92 Å². The Morgan fingerprint density at radius 2 is 2.05 bits per heavy atom. The van der Waals surface area contributed by atoms with Crippen LogP contribution in [0.25, 0.3) is 0 Å². The molecule has 0 bridgehead atoms. The van der Waals surface area contributed by atoms with Gasteiger partial charge in [-0.15, -0.1) is 0 Å². The fraction of sp³-hybridized carbons (Fsp3) is 0.643. The van der Waals surface area contributed by atoms with Crippen LogP contribution < -0.4 is 5.32 Å². The normalized spacial score (nSPS) is 10.7. The number of nitrogens with one attached hydrogen (secondary N) is 1. The third-order valence-electron chi connectivity index (χ3n) is 2.97. The van der Waals surface area contributed by atoms with Gasteiger partial charge in [0.15, 0.2) is 0 Å². The molecular weight excluding hydrogens is 242 g/mol. The largest absolute Gasteiger partial charge is 0.370 e. The minimum Gasteiger partial charge on any atom is -0.370 e. The van der Waals surface area contributed by atoms with Crippen LogP contribution in [0, 0.1) is 16.0 Å². The zero-order chi connectivity index (χ0) is 14.1. The van der Waals surface area contributed by atoms with E-state index in [4.69, 9.17) is 0 Å². The number of hydrogen-bond acceptors (Lipinski definition) is 4. The van der Waals surface area contributed by atoms with Gasteiger partial charge >= 0.3 is 0 Å². The molecule has 5 heteroatoms. The van der Waals surface area contributed by atoms with Crippen molar-refractivity contribution in [2.45, 2.75) is 46.0 Å². The molecular formula is C14H23N3O2. The lowest BCUT2D eigenvalue weighted by atomic mass is 10.0. The van der Waals surface area contributed by atoms with E-state index >= 15 is 0 Å². The van der Waals surface area contributed by atoms with Gasteiger partial charge in [-0.3, -0.25) is 10.1 Å². The number of nitro groups is 1. The van der Waals surface area contributed by atoms with Gasteiger partial charge in [0.1, 0.15) is 5.82 Å². The summed E-state index contributed by atoms with van der Waals surface area (Å²) in [5, 5.41) is 13.7. The van der Waals surface area contributed by atoms with E-state index in [1.165, 1.54) is 44.0 Å². The van der Waals surface area contributed by atoms with Crippen LogP contribution in [0.1, 0.15) is 46.0 Å². The maximum Gasteiger partial charge on any atom is 0.274 e. The summed E-state index contributed by atoms with van der Waals surface area (Å²) in [7, 11) is 0. The lowest BCUT2D eigenvalue weighted by Gasteiger charge is -2.06. The SMILES string of the molecule is CC(C)CCCCCCNc1cc([N+](=O)[O-])ccn1. The average Bonchev–Trinajstić information content (AvgIpc) is 2.37. The van der Waals surface area contributed by atoms with Crippen LogP contribution >= 0.6 is 0 Å². The molecule has 0 radical (unpaired) electrons. The van der Waals surface area contributed by atoms with E-state index in [0.29, 0.717) is 5.82 Å². The molecule has 0 aliphatic heterocycles. The fourth-order valence-corrected chi connectivity index (χ4v) is 1.88. The number of hydrogen-bond donors (Lipinski definition) is 1. The zero-order valence-corrected chi connectivity index (χ0v) is 11.8. The molecule has 0 fully saturated rings. The van der Waals surface area contributed by atoms with Crippen molar-refractivity contribution >= 4 is 11.5 Å². The predicted molar refractivity (Wildman–Crippen MR) is 77.3 cm³/mol. The summed E-state index contributed by atoms with van der Waals surface area (Å²) in [4.78, 5) is 14.3. The summed E-state index contributed by atoms with van der Waals surface area (Å²) in [6.07, 6.45) is 7.55. The van der Waals surface area contributed by atoms with Crippen molar-refractivity contribution in [3.05, 3.63) is 28.4 Å². The molecule has 0 aromatic carbocycles. The minimum atomic E-state index is -0.404. The lowest BCUT2D eigenvalue weighted by Crippen LogP contribution is -2.03. The third-order valence-corrected chi connectivity index (χ3v) is 2.97. The topological polar surface area (TPSA) is 68.1 Å². The first-order chi connectivity index (χ1) is 9.09. The first-order valence-electron chi connectivity index (χ1n) is 6.94. The molecule has 0 aliphatic rings. The number of anilines is 1. The molecule has 0 spiro atoms. The molecule has 1 aromatic heterocycles. The van der Waals surface area contributed by atoms with E-state index < -0.39 is 4.92 Å². The number of nitrogens with zero attached hydrogens (tertiary/aromatic N) is 2. The second kappa shape index (κ2) is 8.45. The van der Waals surface area contributed by atoms with Crippen LogP contribution in [0.2, 0.25) is 0 Å². The molecule has 1 rings (SSSR count). The van der Waals surface area contributed by atoms with Gasteiger partial charge in [-0.2, -0.15) is 0 Å². The quantitative estimate of drug-likeness (QED) is 0.416. The van der Waals surface area contributed by atoms with Crippen molar-refractivity contribution in [3.8, 4) is 0 Å². The maximum atomic E-state index is 10.6. The molecule has 1 heterocycles. The van der Waals surface area contributed by atoms with Gasteiger partial charge in [0.05, 0.1) is 11.0 Å². The van der Waals surface area contributed by atoms with E-state index in [0.717, 1.165) is 18.9 Å². The molecule has 0 amide bonds. The maximum absolute atomic E-state index is 10.6. The van der Waals surface area contributed by atoms with Gasteiger partial charge in [-0.05, 0) is 12.3 Å². The van der Waals surface area contributed by atoms with Gasteiger partial charge < -0.3 is 5.32 Å². The smallest absolute Gasteiger partial charge is 0.274 e. The Kier molecular flexibility index (Phi) is 6.85. The van der Waals surface area contributed by atoms with Crippen molar-refractivity contribution in [1.82, 2.24) is 4.98 Å². The Morgan fingerprint density at radius 1 is 1.32 bits per heavy atom. The van der Waals surface area contributed by atoms with Crippen LogP contribution in [0.15, 0.2) is 18.3 Å². The molecule has 0 saturated heterocycles. The predicted octanol–water partition coefficient (Wildman–Crippen LogP) is 4.01. The molecule has 0 aliphatic carbocycles. The highest BCUT2D eigenvalue weighted by atomic mass is 16.6. The highest BCUT2D eigenvalue weighted by Crippen LogP contribution is 2.14. The summed E-state index contributed by atoms with van der Waals surface area (Å²) in [6, 6.07) is 2.87. The molecule has 1 aromatic rings. The zero-order valence-electron chi connectivity index (χ0n) is 11.8. The number of rotatable bonds is 9. The van der Waals surface area contributed by atoms with Crippen molar-refractivity contribution in [2.75, 3.05) is 11.9 Å². The highest BCUT2D eigenvalue weighted by molar-refractivity contribution is 5.43. The summed E-state index contributed by atoms with van der Waals surface area (Å²) < 4.78 is 0. The Morgan fingerprint density at radius 3 is 2.74 bits per heavy atom.